The lowest BCUT2D eigenvalue weighted by Gasteiger charge is -2.07. The van der Waals surface area contributed by atoms with Gasteiger partial charge in [-0.15, -0.1) is 0 Å². The Balaban J connectivity index is 1.83. The molecule has 0 heterocycles. The normalized spacial score (nSPS) is 10.3. The van der Waals surface area contributed by atoms with E-state index in [9.17, 15) is 13.6 Å². The van der Waals surface area contributed by atoms with Crippen molar-refractivity contribution in [3.63, 3.8) is 0 Å². The molecule has 0 aliphatic carbocycles. The van der Waals surface area contributed by atoms with Gasteiger partial charge in [0.2, 0.25) is 0 Å². The van der Waals surface area contributed by atoms with Gasteiger partial charge >= 0.3 is 0 Å². The summed E-state index contributed by atoms with van der Waals surface area (Å²) in [6, 6.07) is 18.6. The maximum atomic E-state index is 13.7. The quantitative estimate of drug-likeness (QED) is 0.635. The highest BCUT2D eigenvalue weighted by atomic mass is 19.1. The number of hydrogen-bond donors (Lipinski definition) is 0. The van der Waals surface area contributed by atoms with Gasteiger partial charge < -0.3 is 4.74 Å². The third-order valence-electron chi connectivity index (χ3n) is 3.29. The molecule has 23 heavy (non-hydrogen) atoms. The van der Waals surface area contributed by atoms with Gasteiger partial charge in [-0.3, -0.25) is 4.79 Å². The van der Waals surface area contributed by atoms with Crippen molar-refractivity contribution in [2.75, 3.05) is 0 Å². The molecule has 2 nitrogen and oxygen atoms in total. The largest absolute Gasteiger partial charge is 0.457 e. The fraction of sp³-hybridized carbons (Fsp3) is 0. The van der Waals surface area contributed by atoms with Gasteiger partial charge in [-0.2, -0.15) is 0 Å². The molecule has 3 aromatic carbocycles. The highest BCUT2D eigenvalue weighted by molar-refractivity contribution is 6.09. The van der Waals surface area contributed by atoms with Crippen LogP contribution in [0.3, 0.4) is 0 Å². The number of carbonyl (C=O) groups is 1. The van der Waals surface area contributed by atoms with Crippen LogP contribution in [0.4, 0.5) is 8.78 Å². The van der Waals surface area contributed by atoms with E-state index in [4.69, 9.17) is 4.74 Å². The Hall–Kier alpha value is -3.01. The Kier molecular flexibility index (Phi) is 4.15. The number of ether oxygens (including phenoxy) is 1. The summed E-state index contributed by atoms with van der Waals surface area (Å²) in [4.78, 5) is 12.2. The Morgan fingerprint density at radius 1 is 0.696 bits per heavy atom. The van der Waals surface area contributed by atoms with Gasteiger partial charge in [-0.25, -0.2) is 8.78 Å². The third-order valence-corrected chi connectivity index (χ3v) is 3.29. The summed E-state index contributed by atoms with van der Waals surface area (Å²) in [5, 5.41) is 0. The predicted octanol–water partition coefficient (Wildman–Crippen LogP) is 4.99. The minimum atomic E-state index is -0.875. The summed E-state index contributed by atoms with van der Waals surface area (Å²) in [6.07, 6.45) is 0. The van der Waals surface area contributed by atoms with Gasteiger partial charge in [0.05, 0.1) is 5.56 Å². The summed E-state index contributed by atoms with van der Waals surface area (Å²) in [5.41, 5.74) is -0.362. The second kappa shape index (κ2) is 6.40. The maximum absolute atomic E-state index is 13.7. The number of ketones is 1. The minimum absolute atomic E-state index is 0.189. The van der Waals surface area contributed by atoms with Gasteiger partial charge in [0, 0.05) is 5.56 Å². The molecule has 3 rings (SSSR count). The molecule has 0 atom stereocenters. The number of para-hydroxylation sites is 1. The molecular formula is C19H12F2O2. The summed E-state index contributed by atoms with van der Waals surface area (Å²) in [5.74, 6) is -1.26. The lowest BCUT2D eigenvalue weighted by atomic mass is 10.0. The zero-order valence-electron chi connectivity index (χ0n) is 12.0. The molecule has 0 fully saturated rings. The van der Waals surface area contributed by atoms with E-state index in [1.165, 1.54) is 18.2 Å². The van der Waals surface area contributed by atoms with Crippen LogP contribution >= 0.6 is 0 Å². The summed E-state index contributed by atoms with van der Waals surface area (Å²) in [6.45, 7) is 0. The molecule has 0 radical (unpaired) electrons. The number of rotatable bonds is 4. The maximum Gasteiger partial charge on any atom is 0.198 e. The van der Waals surface area contributed by atoms with Gasteiger partial charge in [0.15, 0.2) is 5.78 Å². The smallest absolute Gasteiger partial charge is 0.198 e. The van der Waals surface area contributed by atoms with Crippen molar-refractivity contribution in [1.29, 1.82) is 0 Å². The molecule has 0 bridgehead atoms. The Morgan fingerprint density at radius 2 is 1.26 bits per heavy atom. The van der Waals surface area contributed by atoms with Crippen LogP contribution in [0.25, 0.3) is 0 Å². The molecule has 114 valence electrons. The number of halogens is 2. The Labute approximate surface area is 132 Å². The van der Waals surface area contributed by atoms with Crippen LogP contribution in [0.5, 0.6) is 11.5 Å². The van der Waals surface area contributed by atoms with E-state index >= 15 is 0 Å². The van der Waals surface area contributed by atoms with E-state index in [0.717, 1.165) is 12.1 Å². The van der Waals surface area contributed by atoms with Crippen molar-refractivity contribution in [3.05, 3.63) is 95.6 Å². The van der Waals surface area contributed by atoms with Crippen molar-refractivity contribution in [2.24, 2.45) is 0 Å². The van der Waals surface area contributed by atoms with E-state index in [2.05, 4.69) is 0 Å². The molecule has 3 aromatic rings. The first-order chi connectivity index (χ1) is 11.1. The zero-order chi connectivity index (χ0) is 16.2. The van der Waals surface area contributed by atoms with Crippen LogP contribution in [-0.4, -0.2) is 5.78 Å². The molecule has 0 saturated heterocycles. The van der Waals surface area contributed by atoms with E-state index in [1.54, 1.807) is 24.3 Å². The molecule has 0 aliphatic heterocycles. The molecule has 0 aromatic heterocycles. The van der Waals surface area contributed by atoms with Crippen LogP contribution in [0.2, 0.25) is 0 Å². The van der Waals surface area contributed by atoms with Gasteiger partial charge in [0.1, 0.15) is 23.1 Å². The van der Waals surface area contributed by atoms with E-state index in [-0.39, 0.29) is 5.56 Å². The van der Waals surface area contributed by atoms with Crippen molar-refractivity contribution in [1.82, 2.24) is 0 Å². The van der Waals surface area contributed by atoms with Crippen LogP contribution in [0.1, 0.15) is 15.9 Å². The van der Waals surface area contributed by atoms with Crippen LogP contribution in [0, 0.1) is 11.6 Å². The van der Waals surface area contributed by atoms with Gasteiger partial charge in [0.25, 0.3) is 0 Å². The molecule has 0 saturated carbocycles. The molecule has 4 heteroatoms. The third kappa shape index (κ3) is 3.26. The summed E-state index contributed by atoms with van der Waals surface area (Å²) in [7, 11) is 0. The van der Waals surface area contributed by atoms with Gasteiger partial charge in [-0.05, 0) is 48.5 Å². The van der Waals surface area contributed by atoms with Crippen molar-refractivity contribution in [2.45, 2.75) is 0 Å². The second-order valence-corrected chi connectivity index (χ2v) is 4.87. The average molecular weight is 310 g/mol. The second-order valence-electron chi connectivity index (χ2n) is 4.87. The fourth-order valence-corrected chi connectivity index (χ4v) is 2.16. The number of hydrogen-bond acceptors (Lipinski definition) is 2. The van der Waals surface area contributed by atoms with Crippen molar-refractivity contribution < 1.29 is 18.3 Å². The Bertz CT molecular complexity index is 807. The molecule has 0 amide bonds. The SMILES string of the molecule is O=C(c1ccc(Oc2ccccc2)cc1)c1c(F)cccc1F. The van der Waals surface area contributed by atoms with E-state index in [1.807, 2.05) is 18.2 Å². The number of benzene rings is 3. The highest BCUT2D eigenvalue weighted by Crippen LogP contribution is 2.23. The molecule has 0 N–H and O–H groups in total. The van der Waals surface area contributed by atoms with E-state index in [0.29, 0.717) is 11.5 Å². The monoisotopic (exact) mass is 310 g/mol. The predicted molar refractivity (Wildman–Crippen MR) is 82.7 cm³/mol. The van der Waals surface area contributed by atoms with Crippen LogP contribution in [0.15, 0.2) is 72.8 Å². The molecule has 0 spiro atoms. The summed E-state index contributed by atoms with van der Waals surface area (Å²) >= 11 is 0. The van der Waals surface area contributed by atoms with Gasteiger partial charge in [-0.1, -0.05) is 24.3 Å². The average Bonchev–Trinajstić information content (AvgIpc) is 2.56. The first-order valence-electron chi connectivity index (χ1n) is 6.97. The molecular weight excluding hydrogens is 298 g/mol. The highest BCUT2D eigenvalue weighted by Gasteiger charge is 2.18. The lowest BCUT2D eigenvalue weighted by molar-refractivity contribution is 0.103. The van der Waals surface area contributed by atoms with Crippen molar-refractivity contribution in [3.8, 4) is 11.5 Å². The van der Waals surface area contributed by atoms with E-state index < -0.39 is 23.0 Å². The molecule has 0 aliphatic rings. The zero-order valence-corrected chi connectivity index (χ0v) is 12.0. The standard InChI is InChI=1S/C19H12F2O2/c20-16-7-4-8-17(21)18(16)19(22)13-9-11-15(12-10-13)23-14-5-2-1-3-6-14/h1-12H. The Morgan fingerprint density at radius 3 is 1.87 bits per heavy atom. The number of carbonyl (C=O) groups excluding carboxylic acids is 1. The topological polar surface area (TPSA) is 26.3 Å². The first kappa shape index (κ1) is 14.9. The lowest BCUT2D eigenvalue weighted by Crippen LogP contribution is -2.07. The molecule has 0 unspecified atom stereocenters. The minimum Gasteiger partial charge on any atom is -0.457 e. The van der Waals surface area contributed by atoms with Crippen LogP contribution < -0.4 is 4.74 Å². The first-order valence-corrected chi connectivity index (χ1v) is 6.97. The van der Waals surface area contributed by atoms with Crippen LogP contribution in [-0.2, 0) is 0 Å². The summed E-state index contributed by atoms with van der Waals surface area (Å²) < 4.78 is 32.9. The van der Waals surface area contributed by atoms with Crippen molar-refractivity contribution >= 4 is 5.78 Å². The fourth-order valence-electron chi connectivity index (χ4n) is 2.16.